The summed E-state index contributed by atoms with van der Waals surface area (Å²) in [6, 6.07) is 39.7. The van der Waals surface area contributed by atoms with Crippen LogP contribution in [0, 0.1) is 0 Å². The minimum atomic E-state index is 0.882. The van der Waals surface area contributed by atoms with Crippen LogP contribution < -0.4 is 0 Å². The van der Waals surface area contributed by atoms with E-state index in [0.717, 1.165) is 66.6 Å². The SMILES string of the molecule is c1ccc(-c2ccc(-n3c4cccnc4c4nc5c6ccccc6n(-c6ccccc6)c5cc43)cn2)cc1. The summed E-state index contributed by atoms with van der Waals surface area (Å²) in [4.78, 5) is 14.8. The van der Waals surface area contributed by atoms with Gasteiger partial charge in [0.15, 0.2) is 0 Å². The van der Waals surface area contributed by atoms with Crippen LogP contribution in [0.25, 0.3) is 66.6 Å². The highest BCUT2D eigenvalue weighted by molar-refractivity contribution is 6.14. The minimum Gasteiger partial charge on any atom is -0.308 e. The van der Waals surface area contributed by atoms with Crippen LogP contribution in [-0.4, -0.2) is 24.1 Å². The van der Waals surface area contributed by atoms with Crippen LogP contribution in [0.4, 0.5) is 0 Å². The first-order valence-electron chi connectivity index (χ1n) is 12.6. The van der Waals surface area contributed by atoms with Gasteiger partial charge in [0.25, 0.3) is 0 Å². The van der Waals surface area contributed by atoms with Gasteiger partial charge >= 0.3 is 0 Å². The largest absolute Gasteiger partial charge is 0.308 e. The van der Waals surface area contributed by atoms with Crippen molar-refractivity contribution in [2.75, 3.05) is 0 Å². The van der Waals surface area contributed by atoms with E-state index >= 15 is 0 Å². The summed E-state index contributed by atoms with van der Waals surface area (Å²) >= 11 is 0. The van der Waals surface area contributed by atoms with Gasteiger partial charge in [-0.3, -0.25) is 9.97 Å². The lowest BCUT2D eigenvalue weighted by Gasteiger charge is -2.10. The molecule has 178 valence electrons. The first-order valence-corrected chi connectivity index (χ1v) is 12.6. The van der Waals surface area contributed by atoms with Crippen LogP contribution in [0.5, 0.6) is 0 Å². The third-order valence-electron chi connectivity index (χ3n) is 7.21. The molecule has 0 aliphatic carbocycles. The molecule has 38 heavy (non-hydrogen) atoms. The van der Waals surface area contributed by atoms with Crippen molar-refractivity contribution in [2.24, 2.45) is 0 Å². The Morgan fingerprint density at radius 1 is 0.474 bits per heavy atom. The molecule has 3 aromatic carbocycles. The number of rotatable bonds is 3. The van der Waals surface area contributed by atoms with Gasteiger partial charge in [0.05, 0.1) is 45.2 Å². The summed E-state index contributed by atoms with van der Waals surface area (Å²) in [5, 5.41) is 1.12. The first-order chi connectivity index (χ1) is 18.9. The fourth-order valence-electron chi connectivity index (χ4n) is 5.53. The van der Waals surface area contributed by atoms with E-state index in [1.54, 1.807) is 0 Å². The van der Waals surface area contributed by atoms with Crippen molar-refractivity contribution in [3.05, 3.63) is 128 Å². The monoisotopic (exact) mass is 487 g/mol. The number of fused-ring (bicyclic) bond motifs is 6. The summed E-state index contributed by atoms with van der Waals surface area (Å²) in [6.07, 6.45) is 3.77. The van der Waals surface area contributed by atoms with E-state index in [1.807, 2.05) is 42.7 Å². The molecule has 8 aromatic rings. The Hall–Kier alpha value is -5.29. The van der Waals surface area contributed by atoms with E-state index in [2.05, 4.69) is 94.1 Å². The molecular weight excluding hydrogens is 466 g/mol. The lowest BCUT2D eigenvalue weighted by Crippen LogP contribution is -1.97. The molecule has 5 heterocycles. The summed E-state index contributed by atoms with van der Waals surface area (Å²) in [5.41, 5.74) is 11.1. The highest BCUT2D eigenvalue weighted by Crippen LogP contribution is 2.36. The predicted molar refractivity (Wildman–Crippen MR) is 154 cm³/mol. The average molecular weight is 488 g/mol. The molecule has 0 N–H and O–H groups in total. The molecule has 8 rings (SSSR count). The lowest BCUT2D eigenvalue weighted by molar-refractivity contribution is 1.13. The zero-order chi connectivity index (χ0) is 25.1. The molecule has 5 nitrogen and oxygen atoms in total. The standard InChI is InChI=1S/C33H21N5/c1-3-10-22(11-4-1)26-18-17-24(21-35-26)38-28-16-9-19-34-32(28)33-30(38)20-29-31(36-33)25-14-7-8-15-27(25)37(29)23-12-5-2-6-13-23/h1-21H. The molecule has 5 heteroatoms. The van der Waals surface area contributed by atoms with Crippen molar-refractivity contribution in [1.29, 1.82) is 0 Å². The number of nitrogens with zero attached hydrogens (tertiary/aromatic N) is 5. The van der Waals surface area contributed by atoms with Crippen molar-refractivity contribution in [3.63, 3.8) is 0 Å². The Labute approximate surface area is 218 Å². The molecule has 0 unspecified atom stereocenters. The Balaban J connectivity index is 1.45. The van der Waals surface area contributed by atoms with Crippen molar-refractivity contribution in [1.82, 2.24) is 24.1 Å². The Morgan fingerprint density at radius 3 is 2.00 bits per heavy atom. The van der Waals surface area contributed by atoms with E-state index in [9.17, 15) is 0 Å². The van der Waals surface area contributed by atoms with Crippen LogP contribution in [-0.2, 0) is 0 Å². The van der Waals surface area contributed by atoms with E-state index in [4.69, 9.17) is 15.0 Å². The van der Waals surface area contributed by atoms with Gasteiger partial charge in [0.2, 0.25) is 0 Å². The molecule has 0 bridgehead atoms. The van der Waals surface area contributed by atoms with Crippen molar-refractivity contribution < 1.29 is 0 Å². The Morgan fingerprint density at radius 2 is 1.18 bits per heavy atom. The van der Waals surface area contributed by atoms with Crippen LogP contribution in [0.15, 0.2) is 128 Å². The second kappa shape index (κ2) is 8.11. The normalized spacial score (nSPS) is 11.7. The zero-order valence-corrected chi connectivity index (χ0v) is 20.4. The van der Waals surface area contributed by atoms with E-state index < -0.39 is 0 Å². The summed E-state index contributed by atoms with van der Waals surface area (Å²) in [6.45, 7) is 0. The lowest BCUT2D eigenvalue weighted by atomic mass is 10.1. The smallest absolute Gasteiger partial charge is 0.116 e. The molecule has 0 atom stereocenters. The molecule has 0 aliphatic heterocycles. The van der Waals surface area contributed by atoms with Crippen molar-refractivity contribution in [3.8, 4) is 22.6 Å². The number of hydrogen-bond donors (Lipinski definition) is 0. The number of aromatic nitrogens is 5. The van der Waals surface area contributed by atoms with Gasteiger partial charge in [-0.1, -0.05) is 66.7 Å². The molecule has 0 amide bonds. The molecule has 0 saturated carbocycles. The molecule has 0 radical (unpaired) electrons. The molecule has 0 spiro atoms. The van der Waals surface area contributed by atoms with E-state index in [1.165, 1.54) is 0 Å². The maximum atomic E-state index is 5.27. The predicted octanol–water partition coefficient (Wildman–Crippen LogP) is 7.73. The molecule has 0 aliphatic rings. The van der Waals surface area contributed by atoms with Crippen LogP contribution in [0.2, 0.25) is 0 Å². The molecule has 5 aromatic heterocycles. The van der Waals surface area contributed by atoms with Crippen LogP contribution >= 0.6 is 0 Å². The summed E-state index contributed by atoms with van der Waals surface area (Å²) in [7, 11) is 0. The molecular formula is C33H21N5. The maximum absolute atomic E-state index is 5.27. The third-order valence-corrected chi connectivity index (χ3v) is 7.21. The summed E-state index contributed by atoms with van der Waals surface area (Å²) in [5.74, 6) is 0. The van der Waals surface area contributed by atoms with E-state index in [-0.39, 0.29) is 0 Å². The average Bonchev–Trinajstić information content (AvgIpc) is 3.49. The van der Waals surface area contributed by atoms with Crippen LogP contribution in [0.3, 0.4) is 0 Å². The van der Waals surface area contributed by atoms with E-state index in [0.29, 0.717) is 0 Å². The number of hydrogen-bond acceptors (Lipinski definition) is 3. The fourth-order valence-corrected chi connectivity index (χ4v) is 5.53. The highest BCUT2D eigenvalue weighted by Gasteiger charge is 2.20. The maximum Gasteiger partial charge on any atom is 0.116 e. The Bertz CT molecular complexity index is 2110. The first kappa shape index (κ1) is 20.9. The van der Waals surface area contributed by atoms with Crippen LogP contribution in [0.1, 0.15) is 0 Å². The second-order valence-corrected chi connectivity index (χ2v) is 9.39. The number of pyridine rings is 3. The summed E-state index contributed by atoms with van der Waals surface area (Å²) < 4.78 is 4.52. The highest BCUT2D eigenvalue weighted by atomic mass is 15.1. The quantitative estimate of drug-likeness (QED) is 0.256. The van der Waals surface area contributed by atoms with Crippen molar-refractivity contribution in [2.45, 2.75) is 0 Å². The number of benzene rings is 3. The van der Waals surface area contributed by atoms with Gasteiger partial charge in [-0.25, -0.2) is 4.98 Å². The van der Waals surface area contributed by atoms with Gasteiger partial charge in [-0.05, 0) is 48.5 Å². The van der Waals surface area contributed by atoms with Gasteiger partial charge < -0.3 is 9.13 Å². The molecule has 0 saturated heterocycles. The van der Waals surface area contributed by atoms with Crippen molar-refractivity contribution >= 4 is 44.0 Å². The van der Waals surface area contributed by atoms with Gasteiger partial charge in [0, 0.05) is 22.8 Å². The fraction of sp³-hybridized carbons (Fsp3) is 0. The van der Waals surface area contributed by atoms with Gasteiger partial charge in [-0.2, -0.15) is 0 Å². The minimum absolute atomic E-state index is 0.882. The van der Waals surface area contributed by atoms with Gasteiger partial charge in [-0.15, -0.1) is 0 Å². The number of para-hydroxylation sites is 2. The van der Waals surface area contributed by atoms with Gasteiger partial charge in [0.1, 0.15) is 11.0 Å². The Kier molecular flexibility index (Phi) is 4.45. The zero-order valence-electron chi connectivity index (χ0n) is 20.4. The second-order valence-electron chi connectivity index (χ2n) is 9.39. The molecule has 0 fully saturated rings. The third kappa shape index (κ3) is 3.02. The topological polar surface area (TPSA) is 48.5 Å².